The van der Waals surface area contributed by atoms with E-state index in [1.54, 1.807) is 0 Å². The van der Waals surface area contributed by atoms with Gasteiger partial charge in [0.05, 0.1) is 6.10 Å². The Morgan fingerprint density at radius 2 is 1.95 bits per heavy atom. The van der Waals surface area contributed by atoms with Gasteiger partial charge in [-0.25, -0.2) is 0 Å². The molecule has 2 fully saturated rings. The Morgan fingerprint density at radius 1 is 1.29 bits per heavy atom. The molecule has 2 heteroatoms. The van der Waals surface area contributed by atoms with Gasteiger partial charge in [0, 0.05) is 31.3 Å². The number of likely N-dealkylation sites (tertiary alicyclic amines) is 1. The van der Waals surface area contributed by atoms with Gasteiger partial charge in [-0.2, -0.15) is 0 Å². The molecule has 1 saturated carbocycles. The lowest BCUT2D eigenvalue weighted by Crippen LogP contribution is -2.32. The first-order valence-corrected chi connectivity index (χ1v) is 8.14. The third-order valence-electron chi connectivity index (χ3n) is 5.06. The van der Waals surface area contributed by atoms with Crippen LogP contribution in [0.1, 0.15) is 39.2 Å². The summed E-state index contributed by atoms with van der Waals surface area (Å²) in [7, 11) is 1.85. The highest BCUT2D eigenvalue weighted by atomic mass is 16.5. The minimum atomic E-state index is 0.265. The van der Waals surface area contributed by atoms with Crippen molar-refractivity contribution in [2.24, 2.45) is 5.92 Å². The van der Waals surface area contributed by atoms with Crippen LogP contribution in [0, 0.1) is 5.92 Å². The molecule has 0 N–H and O–H groups in total. The maximum Gasteiger partial charge on any atom is 0.0584 e. The van der Waals surface area contributed by atoms with E-state index in [2.05, 4.69) is 48.7 Å². The number of rotatable bonds is 3. The molecule has 1 saturated heterocycles. The largest absolute Gasteiger partial charge is 0.381 e. The highest BCUT2D eigenvalue weighted by molar-refractivity contribution is 5.32. The Hall–Kier alpha value is -1.28. The van der Waals surface area contributed by atoms with E-state index in [0.717, 1.165) is 19.5 Å². The molecule has 0 unspecified atom stereocenters. The average Bonchev–Trinajstić information content (AvgIpc) is 3.05. The van der Waals surface area contributed by atoms with Crippen molar-refractivity contribution in [3.63, 3.8) is 0 Å². The normalized spacial score (nSPS) is 30.6. The summed E-state index contributed by atoms with van der Waals surface area (Å²) < 4.78 is 5.65. The number of hydrogen-bond donors (Lipinski definition) is 0. The zero-order chi connectivity index (χ0) is 15.5. The van der Waals surface area contributed by atoms with Gasteiger partial charge >= 0.3 is 0 Å². The molecule has 0 spiro atoms. The van der Waals surface area contributed by atoms with Crippen molar-refractivity contribution in [2.45, 2.75) is 45.1 Å². The SMILES string of the molecule is C=C(C)N1C[C@H]2C[C@@H](OC)C[C@@]2(c2ccccc2)C1.CC. The first-order chi connectivity index (χ1) is 10.2. The second-order valence-electron chi connectivity index (χ2n) is 6.13. The maximum atomic E-state index is 5.65. The van der Waals surface area contributed by atoms with Crippen molar-refractivity contribution in [3.8, 4) is 0 Å². The quantitative estimate of drug-likeness (QED) is 0.825. The first kappa shape index (κ1) is 16.1. The van der Waals surface area contributed by atoms with Crippen molar-refractivity contribution < 1.29 is 4.74 Å². The van der Waals surface area contributed by atoms with Gasteiger partial charge in [0.2, 0.25) is 0 Å². The van der Waals surface area contributed by atoms with Crippen LogP contribution in [0.2, 0.25) is 0 Å². The number of nitrogens with zero attached hydrogens (tertiary/aromatic N) is 1. The van der Waals surface area contributed by atoms with Crippen LogP contribution in [0.15, 0.2) is 42.6 Å². The van der Waals surface area contributed by atoms with Crippen molar-refractivity contribution in [2.75, 3.05) is 20.2 Å². The second-order valence-corrected chi connectivity index (χ2v) is 6.13. The van der Waals surface area contributed by atoms with E-state index in [9.17, 15) is 0 Å². The number of hydrogen-bond acceptors (Lipinski definition) is 2. The van der Waals surface area contributed by atoms with E-state index in [4.69, 9.17) is 4.74 Å². The summed E-state index contributed by atoms with van der Waals surface area (Å²) in [4.78, 5) is 2.45. The predicted molar refractivity (Wildman–Crippen MR) is 89.4 cm³/mol. The molecule has 0 amide bonds. The van der Waals surface area contributed by atoms with Crippen LogP contribution in [0.25, 0.3) is 0 Å². The van der Waals surface area contributed by atoms with Crippen LogP contribution in [0.3, 0.4) is 0 Å². The Kier molecular flexibility index (Phi) is 5.10. The van der Waals surface area contributed by atoms with E-state index >= 15 is 0 Å². The van der Waals surface area contributed by atoms with Crippen LogP contribution in [-0.2, 0) is 10.2 Å². The Labute approximate surface area is 129 Å². The van der Waals surface area contributed by atoms with E-state index in [0.29, 0.717) is 12.0 Å². The molecule has 1 heterocycles. The summed E-state index contributed by atoms with van der Waals surface area (Å²) in [6, 6.07) is 11.0. The zero-order valence-electron chi connectivity index (χ0n) is 13.9. The van der Waals surface area contributed by atoms with Crippen LogP contribution in [-0.4, -0.2) is 31.2 Å². The smallest absolute Gasteiger partial charge is 0.0584 e. The van der Waals surface area contributed by atoms with Gasteiger partial charge < -0.3 is 9.64 Å². The third-order valence-corrected chi connectivity index (χ3v) is 5.06. The molecule has 3 rings (SSSR count). The first-order valence-electron chi connectivity index (χ1n) is 8.14. The predicted octanol–water partition coefficient (Wildman–Crippen LogP) is 4.22. The van der Waals surface area contributed by atoms with Crippen LogP contribution < -0.4 is 0 Å². The number of methoxy groups -OCH3 is 1. The van der Waals surface area contributed by atoms with Crippen molar-refractivity contribution >= 4 is 0 Å². The molecule has 1 aliphatic carbocycles. The Balaban J connectivity index is 0.000000774. The molecule has 0 radical (unpaired) electrons. The summed E-state index contributed by atoms with van der Waals surface area (Å²) in [6.45, 7) is 12.5. The number of ether oxygens (including phenoxy) is 1. The fourth-order valence-corrected chi connectivity index (χ4v) is 4.00. The van der Waals surface area contributed by atoms with Crippen molar-refractivity contribution in [1.29, 1.82) is 0 Å². The van der Waals surface area contributed by atoms with Crippen LogP contribution in [0.5, 0.6) is 0 Å². The highest BCUT2D eigenvalue weighted by Crippen LogP contribution is 2.51. The summed E-state index contributed by atoms with van der Waals surface area (Å²) in [5.41, 5.74) is 2.93. The monoisotopic (exact) mass is 287 g/mol. The van der Waals surface area contributed by atoms with Gasteiger partial charge in [0.15, 0.2) is 0 Å². The van der Waals surface area contributed by atoms with E-state index in [1.165, 1.54) is 17.7 Å². The minimum absolute atomic E-state index is 0.265. The molecule has 1 aromatic rings. The Morgan fingerprint density at radius 3 is 2.52 bits per heavy atom. The zero-order valence-corrected chi connectivity index (χ0v) is 13.9. The lowest BCUT2D eigenvalue weighted by molar-refractivity contribution is 0.0964. The maximum absolute atomic E-state index is 5.65. The number of fused-ring (bicyclic) bond motifs is 1. The highest BCUT2D eigenvalue weighted by Gasteiger charge is 2.53. The number of allylic oxidation sites excluding steroid dienone is 1. The van der Waals surface area contributed by atoms with Gasteiger partial charge in [-0.05, 0) is 31.2 Å². The van der Waals surface area contributed by atoms with Crippen LogP contribution in [0.4, 0.5) is 0 Å². The van der Waals surface area contributed by atoms with Gasteiger partial charge in [0.25, 0.3) is 0 Å². The lowest BCUT2D eigenvalue weighted by atomic mass is 9.74. The van der Waals surface area contributed by atoms with Crippen molar-refractivity contribution in [1.82, 2.24) is 4.90 Å². The molecular formula is C19H29NO. The third kappa shape index (κ3) is 2.87. The van der Waals surface area contributed by atoms with Gasteiger partial charge in [-0.1, -0.05) is 50.8 Å². The van der Waals surface area contributed by atoms with E-state index in [-0.39, 0.29) is 5.41 Å². The molecule has 116 valence electrons. The van der Waals surface area contributed by atoms with Gasteiger partial charge in [0.1, 0.15) is 0 Å². The lowest BCUT2D eigenvalue weighted by Gasteiger charge is -2.30. The van der Waals surface area contributed by atoms with E-state index < -0.39 is 0 Å². The molecule has 21 heavy (non-hydrogen) atoms. The molecule has 0 bridgehead atoms. The second kappa shape index (κ2) is 6.65. The molecule has 0 aromatic heterocycles. The molecular weight excluding hydrogens is 258 g/mol. The molecule has 1 aromatic carbocycles. The van der Waals surface area contributed by atoms with Crippen LogP contribution >= 0.6 is 0 Å². The standard InChI is InChI=1S/C17H23NO.C2H6/c1-13(2)18-11-15-9-16(19-3)10-17(15,12-18)14-7-5-4-6-8-14;1-2/h4-8,15-16H,1,9-12H2,2-3H3;1-2H3/t15-,16-,17+;/m1./s1. The van der Waals surface area contributed by atoms with Gasteiger partial charge in [-0.3, -0.25) is 0 Å². The summed E-state index contributed by atoms with van der Waals surface area (Å²) in [5, 5.41) is 0. The van der Waals surface area contributed by atoms with E-state index in [1.807, 2.05) is 21.0 Å². The molecule has 2 aliphatic rings. The average molecular weight is 287 g/mol. The topological polar surface area (TPSA) is 12.5 Å². The summed E-state index contributed by atoms with van der Waals surface area (Å²) in [6.07, 6.45) is 2.73. The molecule has 3 atom stereocenters. The fourth-order valence-electron chi connectivity index (χ4n) is 4.00. The van der Waals surface area contributed by atoms with Crippen molar-refractivity contribution in [3.05, 3.63) is 48.2 Å². The minimum Gasteiger partial charge on any atom is -0.381 e. The molecule has 2 nitrogen and oxygen atoms in total. The van der Waals surface area contributed by atoms with Gasteiger partial charge in [-0.15, -0.1) is 0 Å². The summed E-state index contributed by atoms with van der Waals surface area (Å²) in [5.74, 6) is 0.691. The number of benzene rings is 1. The molecule has 1 aliphatic heterocycles. The summed E-state index contributed by atoms with van der Waals surface area (Å²) >= 11 is 0. The fraction of sp³-hybridized carbons (Fsp3) is 0.579. The Bertz CT molecular complexity index is 470.